The van der Waals surface area contributed by atoms with Crippen molar-refractivity contribution < 1.29 is 22.5 Å². The van der Waals surface area contributed by atoms with Gasteiger partial charge in [-0.1, -0.05) is 29.4 Å². The van der Waals surface area contributed by atoms with E-state index in [0.717, 1.165) is 24.0 Å². The van der Waals surface area contributed by atoms with Crippen molar-refractivity contribution in [1.29, 1.82) is 0 Å². The van der Waals surface area contributed by atoms with E-state index in [1.165, 1.54) is 0 Å². The molecule has 0 radical (unpaired) electrons. The van der Waals surface area contributed by atoms with E-state index in [9.17, 15) is 18.0 Å². The molecule has 2 aromatic rings. The summed E-state index contributed by atoms with van der Waals surface area (Å²) in [4.78, 5) is 14.9. The minimum atomic E-state index is -4.63. The Bertz CT molecular complexity index is 691. The molecule has 0 aliphatic heterocycles. The lowest BCUT2D eigenvalue weighted by atomic mass is 10.1. The summed E-state index contributed by atoms with van der Waals surface area (Å²) in [6.45, 7) is 0.441. The standard InChI is InChI=1S/C15H14F3N3O2/c16-15(17,18)14-20-12(21-23-14)7-9-1-3-10(4-2-9)8-19-13(22)11-5-6-11/h1-4,11H,5-8H2,(H,19,22). The molecule has 3 rings (SSSR count). The number of amides is 1. The van der Waals surface area contributed by atoms with Crippen LogP contribution in [0, 0.1) is 5.92 Å². The highest BCUT2D eigenvalue weighted by molar-refractivity contribution is 5.80. The SMILES string of the molecule is O=C(NCc1ccc(Cc2noc(C(F)(F)F)n2)cc1)C1CC1. The molecule has 1 aliphatic carbocycles. The molecular weight excluding hydrogens is 311 g/mol. The molecule has 122 valence electrons. The second-order valence-corrected chi connectivity index (χ2v) is 5.50. The quantitative estimate of drug-likeness (QED) is 0.918. The van der Waals surface area contributed by atoms with Crippen molar-refractivity contribution in [2.45, 2.75) is 32.0 Å². The Kier molecular flexibility index (Phi) is 4.06. The van der Waals surface area contributed by atoms with Gasteiger partial charge in [0.05, 0.1) is 0 Å². The molecule has 1 aromatic heterocycles. The van der Waals surface area contributed by atoms with Gasteiger partial charge in [0.25, 0.3) is 0 Å². The molecule has 0 atom stereocenters. The summed E-state index contributed by atoms with van der Waals surface area (Å²) in [6, 6.07) is 7.16. The highest BCUT2D eigenvalue weighted by atomic mass is 19.4. The van der Waals surface area contributed by atoms with Gasteiger partial charge >= 0.3 is 12.1 Å². The third-order valence-corrected chi connectivity index (χ3v) is 3.51. The molecule has 1 aliphatic rings. The summed E-state index contributed by atoms with van der Waals surface area (Å²) in [5.74, 6) is -1.13. The molecule has 1 N–H and O–H groups in total. The Morgan fingerprint density at radius 1 is 1.22 bits per heavy atom. The number of nitrogens with zero attached hydrogens (tertiary/aromatic N) is 2. The molecule has 1 fully saturated rings. The number of carbonyl (C=O) groups excluding carboxylic acids is 1. The van der Waals surface area contributed by atoms with Gasteiger partial charge in [-0.2, -0.15) is 18.2 Å². The van der Waals surface area contributed by atoms with Crippen molar-refractivity contribution in [2.24, 2.45) is 5.92 Å². The molecule has 1 aromatic carbocycles. The highest BCUT2D eigenvalue weighted by Gasteiger charge is 2.38. The number of carbonyl (C=O) groups is 1. The van der Waals surface area contributed by atoms with E-state index in [1.54, 1.807) is 12.1 Å². The van der Waals surface area contributed by atoms with Crippen molar-refractivity contribution in [3.05, 3.63) is 47.1 Å². The Labute approximate surface area is 129 Å². The van der Waals surface area contributed by atoms with Crippen LogP contribution in [0.1, 0.15) is 35.7 Å². The fourth-order valence-corrected chi connectivity index (χ4v) is 2.08. The van der Waals surface area contributed by atoms with Crippen LogP contribution < -0.4 is 5.32 Å². The van der Waals surface area contributed by atoms with Crippen LogP contribution in [-0.2, 0) is 23.9 Å². The van der Waals surface area contributed by atoms with Crippen LogP contribution in [-0.4, -0.2) is 16.0 Å². The number of benzene rings is 1. The van der Waals surface area contributed by atoms with Gasteiger partial charge in [-0.3, -0.25) is 4.79 Å². The number of hydrogen-bond acceptors (Lipinski definition) is 4. The summed E-state index contributed by atoms with van der Waals surface area (Å²) in [7, 11) is 0. The van der Waals surface area contributed by atoms with Gasteiger partial charge in [0, 0.05) is 18.9 Å². The van der Waals surface area contributed by atoms with Crippen molar-refractivity contribution >= 4 is 5.91 Å². The van der Waals surface area contributed by atoms with E-state index >= 15 is 0 Å². The summed E-state index contributed by atoms with van der Waals surface area (Å²) in [5, 5.41) is 6.17. The molecule has 0 saturated heterocycles. The molecule has 1 heterocycles. The van der Waals surface area contributed by atoms with Gasteiger partial charge in [-0.15, -0.1) is 0 Å². The molecule has 0 spiro atoms. The largest absolute Gasteiger partial charge is 0.471 e. The van der Waals surface area contributed by atoms with Gasteiger partial charge in [-0.05, 0) is 24.0 Å². The van der Waals surface area contributed by atoms with E-state index < -0.39 is 12.1 Å². The van der Waals surface area contributed by atoms with Crippen LogP contribution in [0.3, 0.4) is 0 Å². The van der Waals surface area contributed by atoms with Crippen LogP contribution in [0.2, 0.25) is 0 Å². The maximum absolute atomic E-state index is 12.4. The first-order valence-electron chi connectivity index (χ1n) is 7.17. The molecule has 8 heteroatoms. The Hall–Kier alpha value is -2.38. The summed E-state index contributed by atoms with van der Waals surface area (Å²) in [5.41, 5.74) is 1.68. The van der Waals surface area contributed by atoms with Crippen LogP contribution in [0.4, 0.5) is 13.2 Å². The fourth-order valence-electron chi connectivity index (χ4n) is 2.08. The van der Waals surface area contributed by atoms with E-state index in [0.29, 0.717) is 6.54 Å². The smallest absolute Gasteiger partial charge is 0.352 e. The minimum absolute atomic E-state index is 0.0212. The lowest BCUT2D eigenvalue weighted by Gasteiger charge is -2.05. The van der Waals surface area contributed by atoms with Crippen molar-refractivity contribution in [3.8, 4) is 0 Å². The predicted molar refractivity (Wildman–Crippen MR) is 73.1 cm³/mol. The summed E-state index contributed by atoms with van der Waals surface area (Å²) >= 11 is 0. The molecular formula is C15H14F3N3O2. The normalized spacial score (nSPS) is 14.7. The van der Waals surface area contributed by atoms with Crippen molar-refractivity contribution in [3.63, 3.8) is 0 Å². The first kappa shape index (κ1) is 15.5. The number of hydrogen-bond donors (Lipinski definition) is 1. The lowest BCUT2D eigenvalue weighted by Crippen LogP contribution is -2.24. The van der Waals surface area contributed by atoms with Gasteiger partial charge in [-0.25, -0.2) is 0 Å². The fraction of sp³-hybridized carbons (Fsp3) is 0.400. The molecule has 23 heavy (non-hydrogen) atoms. The van der Waals surface area contributed by atoms with E-state index in [-0.39, 0.29) is 24.1 Å². The highest BCUT2D eigenvalue weighted by Crippen LogP contribution is 2.29. The zero-order valence-electron chi connectivity index (χ0n) is 12.1. The zero-order chi connectivity index (χ0) is 16.4. The Morgan fingerprint density at radius 2 is 1.87 bits per heavy atom. The Balaban J connectivity index is 1.56. The number of nitrogens with one attached hydrogen (secondary N) is 1. The number of alkyl halides is 3. The molecule has 0 bridgehead atoms. The molecule has 0 unspecified atom stereocenters. The first-order chi connectivity index (χ1) is 10.9. The monoisotopic (exact) mass is 325 g/mol. The second-order valence-electron chi connectivity index (χ2n) is 5.50. The molecule has 1 saturated carbocycles. The number of rotatable bonds is 5. The average molecular weight is 325 g/mol. The first-order valence-corrected chi connectivity index (χ1v) is 7.17. The lowest BCUT2D eigenvalue weighted by molar-refractivity contribution is -0.159. The maximum Gasteiger partial charge on any atom is 0.471 e. The van der Waals surface area contributed by atoms with Gasteiger partial charge in [0.1, 0.15) is 0 Å². The van der Waals surface area contributed by atoms with Crippen LogP contribution in [0.25, 0.3) is 0 Å². The zero-order valence-corrected chi connectivity index (χ0v) is 12.1. The van der Waals surface area contributed by atoms with Crippen molar-refractivity contribution in [1.82, 2.24) is 15.5 Å². The third kappa shape index (κ3) is 4.08. The van der Waals surface area contributed by atoms with Gasteiger partial charge < -0.3 is 9.84 Å². The number of halogens is 3. The Morgan fingerprint density at radius 3 is 2.43 bits per heavy atom. The summed E-state index contributed by atoms with van der Waals surface area (Å²) in [6.07, 6.45) is -2.58. The van der Waals surface area contributed by atoms with E-state index in [4.69, 9.17) is 0 Å². The van der Waals surface area contributed by atoms with Gasteiger partial charge in [0.15, 0.2) is 5.82 Å². The van der Waals surface area contributed by atoms with E-state index in [1.807, 2.05) is 12.1 Å². The summed E-state index contributed by atoms with van der Waals surface area (Å²) < 4.78 is 41.3. The van der Waals surface area contributed by atoms with Crippen LogP contribution in [0.15, 0.2) is 28.8 Å². The minimum Gasteiger partial charge on any atom is -0.352 e. The van der Waals surface area contributed by atoms with Gasteiger partial charge in [0.2, 0.25) is 5.91 Å². The third-order valence-electron chi connectivity index (χ3n) is 3.51. The van der Waals surface area contributed by atoms with Crippen LogP contribution in [0.5, 0.6) is 0 Å². The molecule has 5 nitrogen and oxygen atoms in total. The average Bonchev–Trinajstić information content (AvgIpc) is 3.25. The van der Waals surface area contributed by atoms with Crippen molar-refractivity contribution in [2.75, 3.05) is 0 Å². The maximum atomic E-state index is 12.4. The predicted octanol–water partition coefficient (Wildman–Crippen LogP) is 2.71. The van der Waals surface area contributed by atoms with E-state index in [2.05, 4.69) is 20.0 Å². The van der Waals surface area contributed by atoms with Crippen LogP contribution >= 0.6 is 0 Å². The molecule has 1 amide bonds. The second kappa shape index (κ2) is 6.02. The topological polar surface area (TPSA) is 68.0 Å². The number of aromatic nitrogens is 2.